The quantitative estimate of drug-likeness (QED) is 0.857. The summed E-state index contributed by atoms with van der Waals surface area (Å²) in [5.74, 6) is 0.475. The summed E-state index contributed by atoms with van der Waals surface area (Å²) in [6.45, 7) is 6.84. The molecule has 0 saturated carbocycles. The van der Waals surface area contributed by atoms with Gasteiger partial charge in [0.15, 0.2) is 0 Å². The Bertz CT molecular complexity index is 744. The van der Waals surface area contributed by atoms with Gasteiger partial charge in [-0.1, -0.05) is 31.5 Å². The van der Waals surface area contributed by atoms with E-state index in [-0.39, 0.29) is 11.9 Å². The van der Waals surface area contributed by atoms with Crippen LogP contribution in [-0.2, 0) is 6.42 Å². The molecule has 0 aliphatic carbocycles. The molecule has 2 heterocycles. The summed E-state index contributed by atoms with van der Waals surface area (Å²) < 4.78 is 0. The Morgan fingerprint density at radius 2 is 2.12 bits per heavy atom. The molecule has 5 heteroatoms. The Balaban J connectivity index is 1.90. The Morgan fingerprint density at radius 3 is 2.92 bits per heavy atom. The number of unbranched alkanes of at least 4 members (excludes halogenated alkanes) is 1. The molecule has 0 radical (unpaired) electrons. The van der Waals surface area contributed by atoms with Crippen molar-refractivity contribution in [3.05, 3.63) is 47.3 Å². The molecule has 24 heavy (non-hydrogen) atoms. The first kappa shape index (κ1) is 16.4. The van der Waals surface area contributed by atoms with E-state index in [4.69, 9.17) is 0 Å². The topological polar surface area (TPSA) is 58.1 Å². The summed E-state index contributed by atoms with van der Waals surface area (Å²) in [4.78, 5) is 23.6. The minimum Gasteiger partial charge on any atom is -0.351 e. The molecular weight excluding hydrogens is 300 g/mol. The fourth-order valence-corrected chi connectivity index (χ4v) is 3.12. The number of aromatic nitrogens is 2. The summed E-state index contributed by atoms with van der Waals surface area (Å²) in [6, 6.07) is 10.3. The number of para-hydroxylation sites is 1. The summed E-state index contributed by atoms with van der Waals surface area (Å²) in [5.41, 5.74) is 3.67. The lowest BCUT2D eigenvalue weighted by Gasteiger charge is -2.23. The van der Waals surface area contributed by atoms with Crippen LogP contribution in [0.3, 0.4) is 0 Å². The van der Waals surface area contributed by atoms with Crippen molar-refractivity contribution >= 4 is 17.5 Å². The Hall–Kier alpha value is -2.43. The second-order valence-corrected chi connectivity index (χ2v) is 6.36. The van der Waals surface area contributed by atoms with Crippen molar-refractivity contribution in [3.63, 3.8) is 0 Å². The van der Waals surface area contributed by atoms with Crippen LogP contribution < -0.4 is 10.2 Å². The third-order valence-electron chi connectivity index (χ3n) is 4.31. The van der Waals surface area contributed by atoms with E-state index in [0.717, 1.165) is 30.6 Å². The van der Waals surface area contributed by atoms with Gasteiger partial charge in [-0.05, 0) is 44.4 Å². The smallest absolute Gasteiger partial charge is 0.270 e. The Labute approximate surface area is 143 Å². The van der Waals surface area contributed by atoms with Gasteiger partial charge in [-0.15, -0.1) is 0 Å². The van der Waals surface area contributed by atoms with Crippen molar-refractivity contribution in [1.29, 1.82) is 0 Å². The lowest BCUT2D eigenvalue weighted by Crippen LogP contribution is -2.29. The van der Waals surface area contributed by atoms with E-state index in [1.165, 1.54) is 5.56 Å². The SMILES string of the molecule is CCCCNC(=O)c1cc(C)nc(N2c3ccccc3CC2C)n1. The number of nitrogens with zero attached hydrogens (tertiary/aromatic N) is 3. The van der Waals surface area contributed by atoms with Gasteiger partial charge in [0, 0.05) is 24.0 Å². The van der Waals surface area contributed by atoms with E-state index in [1.807, 2.05) is 13.0 Å². The molecule has 0 spiro atoms. The van der Waals surface area contributed by atoms with Crippen molar-refractivity contribution in [3.8, 4) is 0 Å². The van der Waals surface area contributed by atoms with E-state index in [2.05, 4.69) is 52.2 Å². The number of rotatable bonds is 5. The number of hydrogen-bond acceptors (Lipinski definition) is 4. The van der Waals surface area contributed by atoms with E-state index in [0.29, 0.717) is 18.2 Å². The van der Waals surface area contributed by atoms with Crippen LogP contribution in [0.2, 0.25) is 0 Å². The van der Waals surface area contributed by atoms with Gasteiger partial charge in [-0.2, -0.15) is 0 Å². The van der Waals surface area contributed by atoms with Gasteiger partial charge in [0.25, 0.3) is 5.91 Å². The number of fused-ring (bicyclic) bond motifs is 1. The first-order valence-electron chi connectivity index (χ1n) is 8.61. The maximum atomic E-state index is 12.3. The van der Waals surface area contributed by atoms with Gasteiger partial charge in [-0.3, -0.25) is 4.79 Å². The molecule has 1 aromatic carbocycles. The summed E-state index contributed by atoms with van der Waals surface area (Å²) >= 11 is 0. The third-order valence-corrected chi connectivity index (χ3v) is 4.31. The largest absolute Gasteiger partial charge is 0.351 e. The average molecular weight is 324 g/mol. The molecule has 1 amide bonds. The van der Waals surface area contributed by atoms with Crippen molar-refractivity contribution < 1.29 is 4.79 Å². The Kier molecular flexibility index (Phi) is 4.79. The highest BCUT2D eigenvalue weighted by atomic mass is 16.1. The molecule has 0 fully saturated rings. The lowest BCUT2D eigenvalue weighted by molar-refractivity contribution is 0.0948. The zero-order valence-electron chi connectivity index (χ0n) is 14.5. The Morgan fingerprint density at radius 1 is 1.33 bits per heavy atom. The second-order valence-electron chi connectivity index (χ2n) is 6.36. The van der Waals surface area contributed by atoms with Crippen LogP contribution in [0, 0.1) is 6.92 Å². The predicted octanol–water partition coefficient (Wildman–Crippen LogP) is 3.40. The van der Waals surface area contributed by atoms with E-state index in [1.54, 1.807) is 6.07 Å². The van der Waals surface area contributed by atoms with Crippen LogP contribution in [-0.4, -0.2) is 28.5 Å². The molecule has 126 valence electrons. The third kappa shape index (κ3) is 3.25. The van der Waals surface area contributed by atoms with E-state index < -0.39 is 0 Å². The fourth-order valence-electron chi connectivity index (χ4n) is 3.12. The van der Waals surface area contributed by atoms with Gasteiger partial charge in [0.2, 0.25) is 5.95 Å². The number of carbonyl (C=O) groups is 1. The number of benzene rings is 1. The zero-order valence-corrected chi connectivity index (χ0v) is 14.5. The molecule has 1 aliphatic heterocycles. The van der Waals surface area contributed by atoms with Crippen LogP contribution >= 0.6 is 0 Å². The van der Waals surface area contributed by atoms with Crippen molar-refractivity contribution in [2.75, 3.05) is 11.4 Å². The standard InChI is InChI=1S/C19H24N4O/c1-4-5-10-20-18(24)16-11-13(2)21-19(22-16)23-14(3)12-15-8-6-7-9-17(15)23/h6-9,11,14H,4-5,10,12H2,1-3H3,(H,20,24). The molecule has 5 nitrogen and oxygen atoms in total. The summed E-state index contributed by atoms with van der Waals surface area (Å²) in [6.07, 6.45) is 2.99. The summed E-state index contributed by atoms with van der Waals surface area (Å²) in [7, 11) is 0. The molecule has 1 atom stereocenters. The monoisotopic (exact) mass is 324 g/mol. The molecule has 0 saturated heterocycles. The van der Waals surface area contributed by atoms with Crippen molar-refractivity contribution in [2.45, 2.75) is 46.1 Å². The molecule has 0 bridgehead atoms. The molecule has 1 aromatic heterocycles. The molecule has 2 aromatic rings. The number of anilines is 2. The first-order chi connectivity index (χ1) is 11.6. The van der Waals surface area contributed by atoms with Crippen LogP contribution in [0.4, 0.5) is 11.6 Å². The number of amides is 1. The highest BCUT2D eigenvalue weighted by Crippen LogP contribution is 2.36. The molecule has 1 aliphatic rings. The predicted molar refractivity (Wildman–Crippen MR) is 95.8 cm³/mol. The molecule has 3 rings (SSSR count). The maximum absolute atomic E-state index is 12.3. The summed E-state index contributed by atoms with van der Waals surface area (Å²) in [5, 5.41) is 2.93. The number of nitrogens with one attached hydrogen (secondary N) is 1. The molecule has 1 N–H and O–H groups in total. The van der Waals surface area contributed by atoms with Gasteiger partial charge >= 0.3 is 0 Å². The zero-order chi connectivity index (χ0) is 17.1. The molecular formula is C19H24N4O. The highest BCUT2D eigenvalue weighted by Gasteiger charge is 2.29. The van der Waals surface area contributed by atoms with Gasteiger partial charge in [0.1, 0.15) is 5.69 Å². The average Bonchev–Trinajstić information content (AvgIpc) is 2.90. The minimum absolute atomic E-state index is 0.129. The van der Waals surface area contributed by atoms with Crippen molar-refractivity contribution in [1.82, 2.24) is 15.3 Å². The fraction of sp³-hybridized carbons (Fsp3) is 0.421. The lowest BCUT2D eigenvalue weighted by atomic mass is 10.1. The normalized spacial score (nSPS) is 16.1. The second kappa shape index (κ2) is 6.99. The van der Waals surface area contributed by atoms with E-state index in [9.17, 15) is 4.79 Å². The van der Waals surface area contributed by atoms with Gasteiger partial charge in [0.05, 0.1) is 0 Å². The van der Waals surface area contributed by atoms with Gasteiger partial charge in [-0.25, -0.2) is 9.97 Å². The van der Waals surface area contributed by atoms with Crippen LogP contribution in [0.5, 0.6) is 0 Å². The van der Waals surface area contributed by atoms with Crippen LogP contribution in [0.15, 0.2) is 30.3 Å². The number of hydrogen-bond donors (Lipinski definition) is 1. The highest BCUT2D eigenvalue weighted by molar-refractivity contribution is 5.92. The number of aryl methyl sites for hydroxylation is 1. The first-order valence-corrected chi connectivity index (χ1v) is 8.61. The number of carbonyl (C=O) groups excluding carboxylic acids is 1. The maximum Gasteiger partial charge on any atom is 0.270 e. The molecule has 1 unspecified atom stereocenters. The van der Waals surface area contributed by atoms with Crippen LogP contribution in [0.1, 0.15) is 48.4 Å². The van der Waals surface area contributed by atoms with Gasteiger partial charge < -0.3 is 10.2 Å². The minimum atomic E-state index is -0.129. The van der Waals surface area contributed by atoms with E-state index >= 15 is 0 Å². The van der Waals surface area contributed by atoms with Crippen molar-refractivity contribution in [2.24, 2.45) is 0 Å². The van der Waals surface area contributed by atoms with Crippen LogP contribution in [0.25, 0.3) is 0 Å².